The van der Waals surface area contributed by atoms with Crippen molar-refractivity contribution in [3.63, 3.8) is 0 Å². The van der Waals surface area contributed by atoms with E-state index in [2.05, 4.69) is 0 Å². The average Bonchev–Trinajstić information content (AvgIpc) is 2.05. The molecule has 0 bridgehead atoms. The van der Waals surface area contributed by atoms with Crippen molar-refractivity contribution in [1.29, 1.82) is 5.26 Å². The third-order valence-electron chi connectivity index (χ3n) is 0.903. The molecule has 0 radical (unpaired) electrons. The standard InChI is InChI=1S/C7H5N.H2O3S/c8-6-7-4-2-1-3-5-7;1-4(2)3/h1-5H;(H2,1,2,3). The molecular formula is C7H7NO3S. The summed E-state index contributed by atoms with van der Waals surface area (Å²) in [5, 5.41) is 8.29. The Morgan fingerprint density at radius 1 is 1.25 bits per heavy atom. The summed E-state index contributed by atoms with van der Waals surface area (Å²) in [6.45, 7) is 0. The van der Waals surface area contributed by atoms with Crippen LogP contribution in [0.1, 0.15) is 5.56 Å². The highest BCUT2D eigenvalue weighted by Gasteiger charge is 1.79. The molecule has 1 aromatic carbocycles. The fraction of sp³-hybridized carbons (Fsp3) is 0. The lowest BCUT2D eigenvalue weighted by molar-refractivity contribution is 0.454. The summed E-state index contributed by atoms with van der Waals surface area (Å²) < 4.78 is 22.8. The fourth-order valence-corrected chi connectivity index (χ4v) is 0.513. The van der Waals surface area contributed by atoms with Crippen LogP contribution >= 0.6 is 0 Å². The van der Waals surface area contributed by atoms with Crippen LogP contribution in [0.2, 0.25) is 0 Å². The summed E-state index contributed by atoms with van der Waals surface area (Å²) in [6, 6.07) is 11.2. The number of rotatable bonds is 0. The molecule has 12 heavy (non-hydrogen) atoms. The Kier molecular flexibility index (Phi) is 5.83. The minimum absolute atomic E-state index is 0.715. The van der Waals surface area contributed by atoms with Gasteiger partial charge in [-0.05, 0) is 12.1 Å². The van der Waals surface area contributed by atoms with Crippen molar-refractivity contribution in [3.8, 4) is 6.07 Å². The van der Waals surface area contributed by atoms with Gasteiger partial charge in [0.1, 0.15) is 0 Å². The molecular weight excluding hydrogens is 178 g/mol. The van der Waals surface area contributed by atoms with Crippen molar-refractivity contribution >= 4 is 11.4 Å². The molecule has 0 fully saturated rings. The third kappa shape index (κ3) is 6.89. The topological polar surface area (TPSA) is 81.3 Å². The molecule has 4 nitrogen and oxygen atoms in total. The summed E-state index contributed by atoms with van der Waals surface area (Å²) in [5.41, 5.74) is 0.715. The highest BCUT2D eigenvalue weighted by Crippen LogP contribution is 1.92. The van der Waals surface area contributed by atoms with Gasteiger partial charge in [-0.2, -0.15) is 9.47 Å². The second-order valence-corrected chi connectivity index (χ2v) is 2.17. The number of nitrogens with zero attached hydrogens (tertiary/aromatic N) is 1. The van der Waals surface area contributed by atoms with E-state index in [9.17, 15) is 0 Å². The molecule has 0 unspecified atom stereocenters. The van der Waals surface area contributed by atoms with Crippen LogP contribution in [-0.2, 0) is 11.4 Å². The van der Waals surface area contributed by atoms with E-state index in [1.165, 1.54) is 0 Å². The molecule has 0 heterocycles. The summed E-state index contributed by atoms with van der Waals surface area (Å²) >= 11 is -2.61. The molecule has 0 saturated heterocycles. The molecule has 1 rings (SSSR count). The Bertz CT molecular complexity index is 276. The zero-order chi connectivity index (χ0) is 9.40. The largest absolute Gasteiger partial charge is 0.299 e. The van der Waals surface area contributed by atoms with Gasteiger partial charge in [-0.3, -0.25) is 9.11 Å². The molecule has 0 spiro atoms. The Morgan fingerprint density at radius 3 is 1.92 bits per heavy atom. The number of hydrogen-bond acceptors (Lipinski definition) is 2. The predicted octanol–water partition coefficient (Wildman–Crippen LogP) is 1.24. The van der Waals surface area contributed by atoms with Gasteiger partial charge in [0.2, 0.25) is 0 Å². The van der Waals surface area contributed by atoms with E-state index in [4.69, 9.17) is 18.6 Å². The first-order valence-electron chi connectivity index (χ1n) is 2.92. The quantitative estimate of drug-likeness (QED) is 0.596. The molecule has 0 aliphatic carbocycles. The minimum atomic E-state index is -2.61. The monoisotopic (exact) mass is 185 g/mol. The third-order valence-corrected chi connectivity index (χ3v) is 0.903. The summed E-state index contributed by atoms with van der Waals surface area (Å²) in [7, 11) is 0. The maximum Gasteiger partial charge on any atom is 0.299 e. The first-order chi connectivity index (χ1) is 5.66. The number of benzene rings is 1. The fourth-order valence-electron chi connectivity index (χ4n) is 0.513. The van der Waals surface area contributed by atoms with Crippen LogP contribution in [0.3, 0.4) is 0 Å². The van der Waals surface area contributed by atoms with Crippen LogP contribution in [0.25, 0.3) is 0 Å². The van der Waals surface area contributed by atoms with Crippen LogP contribution < -0.4 is 0 Å². The van der Waals surface area contributed by atoms with E-state index in [0.717, 1.165) is 0 Å². The van der Waals surface area contributed by atoms with Crippen LogP contribution in [0.4, 0.5) is 0 Å². The highest BCUT2D eigenvalue weighted by atomic mass is 32.2. The number of hydrogen-bond donors (Lipinski definition) is 2. The van der Waals surface area contributed by atoms with E-state index >= 15 is 0 Å². The summed E-state index contributed by atoms with van der Waals surface area (Å²) in [5.74, 6) is 0. The lowest BCUT2D eigenvalue weighted by Crippen LogP contribution is -1.74. The minimum Gasteiger partial charge on any atom is -0.284 e. The smallest absolute Gasteiger partial charge is 0.284 e. The van der Waals surface area contributed by atoms with Crippen molar-refractivity contribution in [3.05, 3.63) is 35.9 Å². The summed E-state index contributed by atoms with van der Waals surface area (Å²) in [6.07, 6.45) is 0. The lowest BCUT2D eigenvalue weighted by Gasteiger charge is -1.80. The first kappa shape index (κ1) is 10.8. The normalized spacial score (nSPS) is 8.17. The Morgan fingerprint density at radius 2 is 1.67 bits per heavy atom. The van der Waals surface area contributed by atoms with Gasteiger partial charge >= 0.3 is 0 Å². The second-order valence-electron chi connectivity index (χ2n) is 1.71. The van der Waals surface area contributed by atoms with E-state index in [1.807, 2.05) is 24.3 Å². The predicted molar refractivity (Wildman–Crippen MR) is 44.6 cm³/mol. The molecule has 0 atom stereocenters. The second kappa shape index (κ2) is 6.49. The molecule has 0 saturated carbocycles. The van der Waals surface area contributed by atoms with Gasteiger partial charge in [0.15, 0.2) is 0 Å². The molecule has 2 N–H and O–H groups in total. The molecule has 0 amide bonds. The van der Waals surface area contributed by atoms with Gasteiger partial charge in [0.05, 0.1) is 11.6 Å². The Hall–Kier alpha value is -1.22. The van der Waals surface area contributed by atoms with Crippen LogP contribution in [0, 0.1) is 11.3 Å². The molecule has 0 aliphatic rings. The molecule has 64 valence electrons. The number of nitriles is 1. The van der Waals surface area contributed by atoms with Gasteiger partial charge in [-0.1, -0.05) is 18.2 Å². The lowest BCUT2D eigenvalue weighted by atomic mass is 10.2. The van der Waals surface area contributed by atoms with Gasteiger partial charge < -0.3 is 0 Å². The van der Waals surface area contributed by atoms with E-state index in [1.54, 1.807) is 12.1 Å². The zero-order valence-electron chi connectivity index (χ0n) is 6.04. The maximum atomic E-state index is 8.67. The SMILES string of the molecule is N#Cc1ccccc1.O=S(O)O. The highest BCUT2D eigenvalue weighted by molar-refractivity contribution is 7.73. The van der Waals surface area contributed by atoms with Gasteiger partial charge in [0, 0.05) is 0 Å². The average molecular weight is 185 g/mol. The van der Waals surface area contributed by atoms with Crippen molar-refractivity contribution < 1.29 is 13.3 Å². The van der Waals surface area contributed by atoms with Gasteiger partial charge in [-0.15, -0.1) is 0 Å². The van der Waals surface area contributed by atoms with Gasteiger partial charge in [-0.25, -0.2) is 0 Å². The van der Waals surface area contributed by atoms with Gasteiger partial charge in [0.25, 0.3) is 11.4 Å². The first-order valence-corrected chi connectivity index (χ1v) is 3.98. The Balaban J connectivity index is 0.000000261. The molecule has 0 aromatic heterocycles. The van der Waals surface area contributed by atoms with Crippen molar-refractivity contribution in [2.24, 2.45) is 0 Å². The van der Waals surface area contributed by atoms with Crippen LogP contribution in [0.15, 0.2) is 30.3 Å². The Labute approximate surface area is 72.6 Å². The molecule has 1 aromatic rings. The van der Waals surface area contributed by atoms with Crippen LogP contribution in [0.5, 0.6) is 0 Å². The maximum absolute atomic E-state index is 8.67. The van der Waals surface area contributed by atoms with Crippen molar-refractivity contribution in [2.75, 3.05) is 0 Å². The zero-order valence-corrected chi connectivity index (χ0v) is 6.86. The molecule has 5 heteroatoms. The summed E-state index contributed by atoms with van der Waals surface area (Å²) in [4.78, 5) is 0. The van der Waals surface area contributed by atoms with E-state index in [0.29, 0.717) is 5.56 Å². The van der Waals surface area contributed by atoms with Crippen LogP contribution in [-0.4, -0.2) is 13.3 Å². The van der Waals surface area contributed by atoms with Crippen molar-refractivity contribution in [2.45, 2.75) is 0 Å². The van der Waals surface area contributed by atoms with Crippen molar-refractivity contribution in [1.82, 2.24) is 0 Å². The van der Waals surface area contributed by atoms with E-state index in [-0.39, 0.29) is 0 Å². The molecule has 0 aliphatic heterocycles. The van der Waals surface area contributed by atoms with E-state index < -0.39 is 11.4 Å².